The minimum absolute atomic E-state index is 0.160. The molecule has 1 saturated carbocycles. The Morgan fingerprint density at radius 2 is 2.10 bits per heavy atom. The average molecular weight is 275 g/mol. The van der Waals surface area contributed by atoms with E-state index in [9.17, 15) is 9.18 Å². The molecule has 0 radical (unpaired) electrons. The van der Waals surface area contributed by atoms with E-state index in [2.05, 4.69) is 10.3 Å². The number of carbonyl (C=O) groups is 1. The fraction of sp³-hybridized carbons (Fsp3) is 0.467. The second-order valence-electron chi connectivity index (χ2n) is 5.43. The molecule has 0 unspecified atom stereocenters. The summed E-state index contributed by atoms with van der Waals surface area (Å²) in [6.45, 7) is 1.78. The van der Waals surface area contributed by atoms with E-state index in [1.54, 1.807) is 13.0 Å². The van der Waals surface area contributed by atoms with Gasteiger partial charge in [0, 0.05) is 12.2 Å². The predicted octanol–water partition coefficient (Wildman–Crippen LogP) is 2.84. The standard InChI is InChI=1S/C15H18FN3O/c1-10-14(15(20)18-12-5-3-2-4-6-12)19-9-11(16)7-8-13(19)17-10/h7-9,12H,2-6H2,1H3,(H,18,20). The number of hydrogen-bond donors (Lipinski definition) is 1. The Hall–Kier alpha value is -1.91. The molecule has 0 aromatic carbocycles. The van der Waals surface area contributed by atoms with Gasteiger partial charge in [-0.25, -0.2) is 9.37 Å². The van der Waals surface area contributed by atoms with Crippen LogP contribution in [-0.4, -0.2) is 21.3 Å². The van der Waals surface area contributed by atoms with Crippen molar-refractivity contribution in [3.63, 3.8) is 0 Å². The van der Waals surface area contributed by atoms with Crippen molar-refractivity contribution in [3.05, 3.63) is 35.5 Å². The molecule has 3 rings (SSSR count). The molecule has 0 aliphatic heterocycles. The topological polar surface area (TPSA) is 46.4 Å². The summed E-state index contributed by atoms with van der Waals surface area (Å²) in [4.78, 5) is 16.7. The normalized spacial score (nSPS) is 16.5. The molecule has 20 heavy (non-hydrogen) atoms. The molecule has 1 aliphatic rings. The monoisotopic (exact) mass is 275 g/mol. The van der Waals surface area contributed by atoms with Crippen LogP contribution in [0, 0.1) is 12.7 Å². The maximum Gasteiger partial charge on any atom is 0.270 e. The number of pyridine rings is 1. The van der Waals surface area contributed by atoms with Crippen LogP contribution in [0.3, 0.4) is 0 Å². The number of aromatic nitrogens is 2. The fourth-order valence-corrected chi connectivity index (χ4v) is 2.91. The highest BCUT2D eigenvalue weighted by molar-refractivity contribution is 5.94. The van der Waals surface area contributed by atoms with Crippen molar-refractivity contribution < 1.29 is 9.18 Å². The second-order valence-corrected chi connectivity index (χ2v) is 5.43. The van der Waals surface area contributed by atoms with Gasteiger partial charge in [0.2, 0.25) is 0 Å². The first kappa shape index (κ1) is 13.1. The highest BCUT2D eigenvalue weighted by Crippen LogP contribution is 2.19. The number of fused-ring (bicyclic) bond motifs is 1. The summed E-state index contributed by atoms with van der Waals surface area (Å²) in [5.74, 6) is -0.533. The van der Waals surface area contributed by atoms with E-state index >= 15 is 0 Å². The minimum Gasteiger partial charge on any atom is -0.348 e. The molecule has 1 N–H and O–H groups in total. The fourth-order valence-electron chi connectivity index (χ4n) is 2.91. The average Bonchev–Trinajstić information content (AvgIpc) is 2.75. The van der Waals surface area contributed by atoms with Crippen molar-refractivity contribution in [1.29, 1.82) is 0 Å². The van der Waals surface area contributed by atoms with Crippen molar-refractivity contribution in [3.8, 4) is 0 Å². The van der Waals surface area contributed by atoms with Gasteiger partial charge in [-0.2, -0.15) is 0 Å². The highest BCUT2D eigenvalue weighted by Gasteiger charge is 2.21. The van der Waals surface area contributed by atoms with Crippen LogP contribution in [0.1, 0.15) is 48.3 Å². The third-order valence-electron chi connectivity index (χ3n) is 3.91. The molecule has 2 aromatic heterocycles. The molecule has 1 aliphatic carbocycles. The number of nitrogens with one attached hydrogen (secondary N) is 1. The maximum atomic E-state index is 13.4. The van der Waals surface area contributed by atoms with Crippen LogP contribution in [0.4, 0.5) is 4.39 Å². The summed E-state index contributed by atoms with van der Waals surface area (Å²) >= 11 is 0. The molecule has 1 amide bonds. The number of nitrogens with zero attached hydrogens (tertiary/aromatic N) is 2. The lowest BCUT2D eigenvalue weighted by molar-refractivity contribution is 0.0921. The molecule has 0 atom stereocenters. The van der Waals surface area contributed by atoms with Crippen molar-refractivity contribution in [2.24, 2.45) is 0 Å². The first-order chi connectivity index (χ1) is 9.65. The molecular weight excluding hydrogens is 257 g/mol. The molecule has 2 aromatic rings. The van der Waals surface area contributed by atoms with E-state index in [1.807, 2.05) is 0 Å². The molecule has 4 nitrogen and oxygen atoms in total. The van der Waals surface area contributed by atoms with Gasteiger partial charge in [0.15, 0.2) is 0 Å². The van der Waals surface area contributed by atoms with Crippen molar-refractivity contribution >= 4 is 11.6 Å². The third kappa shape index (κ3) is 2.40. The Kier molecular flexibility index (Phi) is 3.42. The number of carbonyl (C=O) groups excluding carboxylic acids is 1. The highest BCUT2D eigenvalue weighted by atomic mass is 19.1. The lowest BCUT2D eigenvalue weighted by Gasteiger charge is -2.22. The summed E-state index contributed by atoms with van der Waals surface area (Å²) in [5, 5.41) is 3.05. The van der Waals surface area contributed by atoms with Crippen molar-refractivity contribution in [2.45, 2.75) is 45.1 Å². The summed E-state index contributed by atoms with van der Waals surface area (Å²) < 4.78 is 14.9. The van der Waals surface area contributed by atoms with E-state index in [-0.39, 0.29) is 17.8 Å². The molecule has 1 fully saturated rings. The van der Waals surface area contributed by atoms with Crippen LogP contribution < -0.4 is 5.32 Å². The zero-order chi connectivity index (χ0) is 14.1. The van der Waals surface area contributed by atoms with Crippen molar-refractivity contribution in [1.82, 2.24) is 14.7 Å². The molecule has 0 spiro atoms. The predicted molar refractivity (Wildman–Crippen MR) is 74.2 cm³/mol. The Morgan fingerprint density at radius 3 is 2.85 bits per heavy atom. The van der Waals surface area contributed by atoms with Gasteiger partial charge in [0.25, 0.3) is 5.91 Å². The van der Waals surface area contributed by atoms with E-state index in [0.717, 1.165) is 25.7 Å². The summed E-state index contributed by atoms with van der Waals surface area (Å²) in [6.07, 6.45) is 6.92. The Morgan fingerprint density at radius 1 is 1.35 bits per heavy atom. The van der Waals surface area contributed by atoms with Crippen LogP contribution in [0.25, 0.3) is 5.65 Å². The number of rotatable bonds is 2. The zero-order valence-electron chi connectivity index (χ0n) is 11.5. The van der Waals surface area contributed by atoms with Crippen LogP contribution >= 0.6 is 0 Å². The minimum atomic E-state index is -0.374. The van der Waals surface area contributed by atoms with E-state index in [1.165, 1.54) is 23.1 Å². The van der Waals surface area contributed by atoms with Gasteiger partial charge in [0.05, 0.1) is 5.69 Å². The second kappa shape index (κ2) is 5.23. The molecule has 0 saturated heterocycles. The number of imidazole rings is 1. The van der Waals surface area contributed by atoms with Gasteiger partial charge in [-0.05, 0) is 31.9 Å². The summed E-state index contributed by atoms with van der Waals surface area (Å²) in [7, 11) is 0. The number of aryl methyl sites for hydroxylation is 1. The molecule has 106 valence electrons. The Labute approximate surface area is 117 Å². The summed E-state index contributed by atoms with van der Waals surface area (Å²) in [5.41, 5.74) is 1.66. The van der Waals surface area contributed by atoms with Gasteiger partial charge in [0.1, 0.15) is 17.2 Å². The third-order valence-corrected chi connectivity index (χ3v) is 3.91. The Bertz CT molecular complexity index is 644. The smallest absolute Gasteiger partial charge is 0.270 e. The van der Waals surface area contributed by atoms with Crippen LogP contribution in [0.15, 0.2) is 18.3 Å². The Balaban J connectivity index is 1.90. The first-order valence-corrected chi connectivity index (χ1v) is 7.10. The van der Waals surface area contributed by atoms with Gasteiger partial charge >= 0.3 is 0 Å². The lowest BCUT2D eigenvalue weighted by atomic mass is 9.95. The van der Waals surface area contributed by atoms with Gasteiger partial charge in [-0.3, -0.25) is 9.20 Å². The van der Waals surface area contributed by atoms with E-state index < -0.39 is 0 Å². The van der Waals surface area contributed by atoms with E-state index in [4.69, 9.17) is 0 Å². The van der Waals surface area contributed by atoms with Gasteiger partial charge < -0.3 is 5.32 Å². The molecule has 2 heterocycles. The van der Waals surface area contributed by atoms with Crippen LogP contribution in [-0.2, 0) is 0 Å². The number of halogens is 1. The van der Waals surface area contributed by atoms with E-state index in [0.29, 0.717) is 17.0 Å². The maximum absolute atomic E-state index is 13.4. The van der Waals surface area contributed by atoms with Crippen molar-refractivity contribution in [2.75, 3.05) is 0 Å². The summed E-state index contributed by atoms with van der Waals surface area (Å²) in [6, 6.07) is 3.17. The largest absolute Gasteiger partial charge is 0.348 e. The molecule has 5 heteroatoms. The first-order valence-electron chi connectivity index (χ1n) is 7.10. The molecule has 0 bridgehead atoms. The zero-order valence-corrected chi connectivity index (χ0v) is 11.5. The number of amides is 1. The van der Waals surface area contributed by atoms with Gasteiger partial charge in [-0.15, -0.1) is 0 Å². The van der Waals surface area contributed by atoms with Crippen LogP contribution in [0.2, 0.25) is 0 Å². The SMILES string of the molecule is Cc1nc2ccc(F)cn2c1C(=O)NC1CCCCC1. The number of hydrogen-bond acceptors (Lipinski definition) is 2. The quantitative estimate of drug-likeness (QED) is 0.916. The van der Waals surface area contributed by atoms with Gasteiger partial charge in [-0.1, -0.05) is 19.3 Å². The van der Waals surface area contributed by atoms with Crippen LogP contribution in [0.5, 0.6) is 0 Å². The lowest BCUT2D eigenvalue weighted by Crippen LogP contribution is -2.37. The molecular formula is C15H18FN3O.